The van der Waals surface area contributed by atoms with Crippen LogP contribution in [-0.4, -0.2) is 48.9 Å². The Morgan fingerprint density at radius 2 is 2.00 bits per heavy atom. The zero-order valence-corrected chi connectivity index (χ0v) is 24.5. The largest absolute Gasteiger partial charge is 0.462 e. The molecule has 0 aliphatic heterocycles. The van der Waals surface area contributed by atoms with Crippen LogP contribution in [0, 0.1) is 5.92 Å². The number of anilines is 1. The van der Waals surface area contributed by atoms with Gasteiger partial charge in [0.1, 0.15) is 16.5 Å². The molecule has 2 aromatic heterocycles. The molecule has 2 heterocycles. The predicted molar refractivity (Wildman–Crippen MR) is 148 cm³/mol. The van der Waals surface area contributed by atoms with Crippen LogP contribution in [0.4, 0.5) is 5.00 Å². The van der Waals surface area contributed by atoms with Crippen LogP contribution < -0.4 is 10.1 Å². The standard InChI is InChI=1S/C24H26BrN3O6S3/c1-4-34-23(31)21-15-7-5-13(2)9-17(15)35-22(21)26-19(29)11-37(32,33)12-20(30)27-24-28(3)16-8-6-14(25)10-18(16)36-24/h6,8,10,13H,4-5,7,9,11-12H2,1-3H3,(H,26,29). The lowest BCUT2D eigenvalue weighted by Gasteiger charge is -2.18. The number of esters is 1. The number of thiophene rings is 1. The minimum Gasteiger partial charge on any atom is -0.462 e. The smallest absolute Gasteiger partial charge is 0.341 e. The Balaban J connectivity index is 1.49. The number of nitrogens with one attached hydrogen (secondary N) is 1. The maximum absolute atomic E-state index is 12.7. The molecule has 0 radical (unpaired) electrons. The molecule has 0 spiro atoms. The normalized spacial score (nSPS) is 16.0. The summed E-state index contributed by atoms with van der Waals surface area (Å²) in [5.41, 5.74) is 2.01. The molecule has 198 valence electrons. The van der Waals surface area contributed by atoms with Gasteiger partial charge in [-0.25, -0.2) is 13.2 Å². The first-order valence-corrected chi connectivity index (χ1v) is 15.9. The molecule has 4 rings (SSSR count). The minimum absolute atomic E-state index is 0.183. The topological polar surface area (TPSA) is 124 Å². The van der Waals surface area contributed by atoms with E-state index in [1.807, 2.05) is 18.2 Å². The summed E-state index contributed by atoms with van der Waals surface area (Å²) in [5.74, 6) is -3.57. The predicted octanol–water partition coefficient (Wildman–Crippen LogP) is 3.85. The van der Waals surface area contributed by atoms with Gasteiger partial charge < -0.3 is 14.6 Å². The molecule has 37 heavy (non-hydrogen) atoms. The Bertz CT molecular complexity index is 1570. The first kappa shape index (κ1) is 27.7. The number of nitrogens with zero attached hydrogens (tertiary/aromatic N) is 2. The van der Waals surface area contributed by atoms with Crippen LogP contribution in [0.2, 0.25) is 0 Å². The van der Waals surface area contributed by atoms with E-state index in [0.717, 1.165) is 38.0 Å². The summed E-state index contributed by atoms with van der Waals surface area (Å²) in [5, 5.41) is 2.87. The van der Waals surface area contributed by atoms with Gasteiger partial charge in [0.25, 0.3) is 5.91 Å². The molecule has 13 heteroatoms. The SMILES string of the molecule is CCOC(=O)c1c(NC(=O)CS(=O)(=O)CC(=O)N=c2sc3cc(Br)ccc3n2C)sc2c1CCC(C)C2. The molecule has 1 unspecified atom stereocenters. The fourth-order valence-corrected chi connectivity index (χ4v) is 8.23. The lowest BCUT2D eigenvalue weighted by molar-refractivity contribution is -0.115. The molecule has 9 nitrogen and oxygen atoms in total. The van der Waals surface area contributed by atoms with Gasteiger partial charge >= 0.3 is 5.97 Å². The van der Waals surface area contributed by atoms with E-state index in [1.54, 1.807) is 18.5 Å². The molecule has 0 saturated heterocycles. The summed E-state index contributed by atoms with van der Waals surface area (Å²) in [4.78, 5) is 43.1. The number of amides is 2. The second-order valence-corrected chi connectivity index (χ2v) is 14.0. The van der Waals surface area contributed by atoms with Crippen LogP contribution in [-0.2, 0) is 44.1 Å². The van der Waals surface area contributed by atoms with Gasteiger partial charge in [-0.1, -0.05) is 34.2 Å². The summed E-state index contributed by atoms with van der Waals surface area (Å²) in [6, 6.07) is 5.62. The van der Waals surface area contributed by atoms with Crippen molar-refractivity contribution in [1.29, 1.82) is 0 Å². The zero-order valence-electron chi connectivity index (χ0n) is 20.5. The summed E-state index contributed by atoms with van der Waals surface area (Å²) in [7, 11) is -2.36. The van der Waals surface area contributed by atoms with E-state index < -0.39 is 39.1 Å². The molecular formula is C24H26BrN3O6S3. The Kier molecular flexibility index (Phi) is 8.36. The van der Waals surface area contributed by atoms with Crippen molar-refractivity contribution >= 4 is 81.4 Å². The number of hydrogen-bond acceptors (Lipinski definition) is 8. The lowest BCUT2D eigenvalue weighted by Crippen LogP contribution is -2.28. The number of hydrogen-bond donors (Lipinski definition) is 1. The molecule has 0 saturated carbocycles. The molecule has 0 bridgehead atoms. The Hall–Kier alpha value is -2.35. The van der Waals surface area contributed by atoms with Gasteiger partial charge in [-0.3, -0.25) is 9.59 Å². The van der Waals surface area contributed by atoms with Crippen LogP contribution in [0.5, 0.6) is 0 Å². The Morgan fingerprint density at radius 1 is 1.24 bits per heavy atom. The van der Waals surface area contributed by atoms with Crippen molar-refractivity contribution in [3.63, 3.8) is 0 Å². The highest BCUT2D eigenvalue weighted by Gasteiger charge is 2.30. The van der Waals surface area contributed by atoms with Crippen molar-refractivity contribution in [3.05, 3.63) is 43.5 Å². The second kappa shape index (κ2) is 11.2. The van der Waals surface area contributed by atoms with Crippen LogP contribution >= 0.6 is 38.6 Å². The molecule has 1 N–H and O–H groups in total. The average Bonchev–Trinajstić information content (AvgIpc) is 3.28. The van der Waals surface area contributed by atoms with Crippen LogP contribution in [0.1, 0.15) is 41.1 Å². The number of benzene rings is 1. The van der Waals surface area contributed by atoms with Crippen molar-refractivity contribution in [3.8, 4) is 0 Å². The number of rotatable bonds is 7. The highest BCUT2D eigenvalue weighted by molar-refractivity contribution is 9.10. The van der Waals surface area contributed by atoms with E-state index in [2.05, 4.69) is 33.2 Å². The fourth-order valence-electron chi connectivity index (χ4n) is 4.21. The lowest BCUT2D eigenvalue weighted by atomic mass is 9.88. The number of aromatic nitrogens is 1. The molecule has 1 atom stereocenters. The van der Waals surface area contributed by atoms with Gasteiger partial charge in [0.05, 0.1) is 22.4 Å². The third-order valence-electron chi connectivity index (χ3n) is 5.93. The van der Waals surface area contributed by atoms with E-state index in [4.69, 9.17) is 4.74 Å². The maximum atomic E-state index is 12.7. The molecule has 1 aliphatic carbocycles. The Labute approximate surface area is 230 Å². The average molecular weight is 629 g/mol. The van der Waals surface area contributed by atoms with Crippen molar-refractivity contribution < 1.29 is 27.5 Å². The summed E-state index contributed by atoms with van der Waals surface area (Å²) in [6.45, 7) is 4.00. The summed E-state index contributed by atoms with van der Waals surface area (Å²) >= 11 is 5.94. The fraction of sp³-hybridized carbons (Fsp3) is 0.417. The van der Waals surface area contributed by atoms with E-state index in [-0.39, 0.29) is 11.6 Å². The van der Waals surface area contributed by atoms with E-state index in [1.165, 1.54) is 22.7 Å². The van der Waals surface area contributed by atoms with E-state index in [9.17, 15) is 22.8 Å². The third-order valence-corrected chi connectivity index (χ3v) is 10.1. The van der Waals surface area contributed by atoms with E-state index >= 15 is 0 Å². The van der Waals surface area contributed by atoms with Gasteiger partial charge in [0.2, 0.25) is 5.91 Å². The van der Waals surface area contributed by atoms with Crippen LogP contribution in [0.25, 0.3) is 10.2 Å². The number of sulfone groups is 1. The van der Waals surface area contributed by atoms with Crippen molar-refractivity contribution in [2.45, 2.75) is 33.1 Å². The number of ether oxygens (including phenoxy) is 1. The molecule has 1 aromatic carbocycles. The molecule has 2 amide bonds. The quantitative estimate of drug-likeness (QED) is 0.397. The van der Waals surface area contributed by atoms with Crippen molar-refractivity contribution in [2.24, 2.45) is 18.0 Å². The number of carbonyl (C=O) groups excluding carboxylic acids is 3. The molecule has 0 fully saturated rings. The number of thiazole rings is 1. The highest BCUT2D eigenvalue weighted by Crippen LogP contribution is 2.40. The van der Waals surface area contributed by atoms with Crippen LogP contribution in [0.3, 0.4) is 0 Å². The molecule has 1 aliphatic rings. The second-order valence-electron chi connectivity index (χ2n) is 8.92. The maximum Gasteiger partial charge on any atom is 0.341 e. The van der Waals surface area contributed by atoms with Crippen LogP contribution in [0.15, 0.2) is 27.7 Å². The van der Waals surface area contributed by atoms with Gasteiger partial charge in [0.15, 0.2) is 14.6 Å². The zero-order chi connectivity index (χ0) is 26.9. The number of carbonyl (C=O) groups is 3. The summed E-state index contributed by atoms with van der Waals surface area (Å²) < 4.78 is 34.0. The van der Waals surface area contributed by atoms with Crippen molar-refractivity contribution in [1.82, 2.24) is 4.57 Å². The van der Waals surface area contributed by atoms with Gasteiger partial charge in [-0.2, -0.15) is 4.99 Å². The van der Waals surface area contributed by atoms with E-state index in [0.29, 0.717) is 22.7 Å². The highest BCUT2D eigenvalue weighted by atomic mass is 79.9. The Morgan fingerprint density at radius 3 is 2.73 bits per heavy atom. The van der Waals surface area contributed by atoms with Gasteiger partial charge in [-0.15, -0.1) is 11.3 Å². The number of aryl methyl sites for hydroxylation is 1. The number of fused-ring (bicyclic) bond motifs is 2. The van der Waals surface area contributed by atoms with Gasteiger partial charge in [-0.05, 0) is 55.9 Å². The van der Waals surface area contributed by atoms with Gasteiger partial charge in [0, 0.05) is 16.4 Å². The number of halogens is 1. The van der Waals surface area contributed by atoms with Crippen molar-refractivity contribution in [2.75, 3.05) is 23.4 Å². The third kappa shape index (κ3) is 6.39. The first-order valence-electron chi connectivity index (χ1n) is 11.6. The minimum atomic E-state index is -4.10. The molecule has 3 aromatic rings. The summed E-state index contributed by atoms with van der Waals surface area (Å²) in [6.07, 6.45) is 2.39. The first-order chi connectivity index (χ1) is 17.5. The molecular weight excluding hydrogens is 602 g/mol. The monoisotopic (exact) mass is 627 g/mol.